The van der Waals surface area contributed by atoms with Gasteiger partial charge in [0.1, 0.15) is 6.04 Å². The van der Waals surface area contributed by atoms with Crippen molar-refractivity contribution in [2.24, 2.45) is 0 Å². The van der Waals surface area contributed by atoms with Crippen molar-refractivity contribution in [3.8, 4) is 0 Å². The number of aromatic amines is 1. The Hall–Kier alpha value is -2.05. The summed E-state index contributed by atoms with van der Waals surface area (Å²) in [6, 6.07) is 1.26. The maximum absolute atomic E-state index is 11.8. The van der Waals surface area contributed by atoms with Crippen LogP contribution in [-0.2, 0) is 21.5 Å². The highest BCUT2D eigenvalue weighted by Crippen LogP contribution is 2.20. The minimum absolute atomic E-state index is 0.0432. The topological polar surface area (TPSA) is 96.1 Å². The first-order chi connectivity index (χ1) is 9.24. The van der Waals surface area contributed by atoms with E-state index in [9.17, 15) is 9.59 Å². The second-order valence-corrected chi connectivity index (χ2v) is 5.60. The summed E-state index contributed by atoms with van der Waals surface area (Å²) in [5.41, 5.74) is 1.70. The van der Waals surface area contributed by atoms with E-state index in [4.69, 9.17) is 0 Å². The molecule has 7 heteroatoms. The van der Waals surface area contributed by atoms with Crippen LogP contribution in [0.4, 0.5) is 4.79 Å². The number of nitrogens with zero attached hydrogens (tertiary/aromatic N) is 1. The predicted octanol–water partition coefficient (Wildman–Crippen LogP) is 1.07. The Morgan fingerprint density at radius 2 is 2.10 bits per heavy atom. The molecular weight excluding hydrogens is 260 g/mol. The fraction of sp³-hybridized carbons (Fsp3) is 0.615. The highest BCUT2D eigenvalue weighted by Gasteiger charge is 2.18. The molecule has 0 saturated heterocycles. The average Bonchev–Trinajstić information content (AvgIpc) is 2.84. The van der Waals surface area contributed by atoms with Gasteiger partial charge in [0.05, 0.1) is 25.0 Å². The van der Waals surface area contributed by atoms with Gasteiger partial charge in [-0.05, 0) is 13.0 Å². The van der Waals surface area contributed by atoms with Gasteiger partial charge in [-0.1, -0.05) is 20.8 Å². The highest BCUT2D eigenvalue weighted by atomic mass is 16.5. The van der Waals surface area contributed by atoms with Gasteiger partial charge >= 0.3 is 6.09 Å². The van der Waals surface area contributed by atoms with E-state index in [0.717, 1.165) is 11.4 Å². The lowest BCUT2D eigenvalue weighted by Crippen LogP contribution is -2.44. The van der Waals surface area contributed by atoms with Crippen LogP contribution in [0.1, 0.15) is 39.1 Å². The Labute approximate surface area is 118 Å². The quantitative estimate of drug-likeness (QED) is 0.769. The molecule has 0 saturated carbocycles. The van der Waals surface area contributed by atoms with Crippen molar-refractivity contribution in [3.63, 3.8) is 0 Å². The van der Waals surface area contributed by atoms with Gasteiger partial charge in [0.25, 0.3) is 0 Å². The molecule has 1 aromatic heterocycles. The molecule has 2 amide bonds. The molecular formula is C13H22N4O3. The summed E-state index contributed by atoms with van der Waals surface area (Å²) in [4.78, 5) is 22.7. The zero-order valence-corrected chi connectivity index (χ0v) is 12.5. The minimum atomic E-state index is -0.660. The standard InChI is InChI=1S/C13H22N4O3/c1-8(15-12(19)20-5)11(18)14-7-9-6-10(17-16-9)13(2,3)4/h6,8H,7H2,1-5H3,(H,14,18)(H,15,19)(H,16,17)/t8-/m1/s1. The Balaban J connectivity index is 2.49. The number of amides is 2. The van der Waals surface area contributed by atoms with E-state index >= 15 is 0 Å². The van der Waals surface area contributed by atoms with Crippen molar-refractivity contribution in [1.82, 2.24) is 20.8 Å². The number of carbonyl (C=O) groups is 2. The predicted molar refractivity (Wildman–Crippen MR) is 74.1 cm³/mol. The molecule has 0 unspecified atom stereocenters. The van der Waals surface area contributed by atoms with Crippen LogP contribution in [0, 0.1) is 0 Å². The number of carbonyl (C=O) groups excluding carboxylic acids is 2. The van der Waals surface area contributed by atoms with Crippen LogP contribution in [0.2, 0.25) is 0 Å². The molecule has 20 heavy (non-hydrogen) atoms. The van der Waals surface area contributed by atoms with Crippen LogP contribution in [-0.4, -0.2) is 35.3 Å². The maximum Gasteiger partial charge on any atom is 0.407 e. The van der Waals surface area contributed by atoms with Crippen molar-refractivity contribution < 1.29 is 14.3 Å². The monoisotopic (exact) mass is 282 g/mol. The summed E-state index contributed by atoms with van der Waals surface area (Å²) < 4.78 is 4.43. The van der Waals surface area contributed by atoms with E-state index in [1.165, 1.54) is 7.11 Å². The number of hydrogen-bond donors (Lipinski definition) is 3. The van der Waals surface area contributed by atoms with Crippen LogP contribution in [0.3, 0.4) is 0 Å². The van der Waals surface area contributed by atoms with Gasteiger partial charge in [-0.3, -0.25) is 9.89 Å². The van der Waals surface area contributed by atoms with Gasteiger partial charge in [0.15, 0.2) is 0 Å². The highest BCUT2D eigenvalue weighted by molar-refractivity contribution is 5.85. The molecule has 0 aromatic carbocycles. The van der Waals surface area contributed by atoms with E-state index in [2.05, 4.69) is 46.3 Å². The maximum atomic E-state index is 11.8. The van der Waals surface area contributed by atoms with Gasteiger partial charge < -0.3 is 15.4 Å². The summed E-state index contributed by atoms with van der Waals surface area (Å²) in [6.45, 7) is 8.10. The summed E-state index contributed by atoms with van der Waals surface area (Å²) in [7, 11) is 1.25. The number of hydrogen-bond acceptors (Lipinski definition) is 4. The van der Waals surface area contributed by atoms with Crippen LogP contribution >= 0.6 is 0 Å². The third kappa shape index (κ3) is 4.56. The first-order valence-electron chi connectivity index (χ1n) is 6.41. The summed E-state index contributed by atoms with van der Waals surface area (Å²) >= 11 is 0. The van der Waals surface area contributed by atoms with Gasteiger partial charge in [-0.15, -0.1) is 0 Å². The third-order valence-corrected chi connectivity index (χ3v) is 2.77. The number of H-pyrrole nitrogens is 1. The lowest BCUT2D eigenvalue weighted by molar-refractivity contribution is -0.122. The molecule has 1 heterocycles. The van der Waals surface area contributed by atoms with Gasteiger partial charge in [-0.2, -0.15) is 5.10 Å². The minimum Gasteiger partial charge on any atom is -0.453 e. The van der Waals surface area contributed by atoms with Crippen molar-refractivity contribution >= 4 is 12.0 Å². The van der Waals surface area contributed by atoms with Crippen molar-refractivity contribution in [3.05, 3.63) is 17.5 Å². The Bertz CT molecular complexity index is 476. The van der Waals surface area contributed by atoms with Crippen LogP contribution in [0.5, 0.6) is 0 Å². The number of aromatic nitrogens is 2. The van der Waals surface area contributed by atoms with Crippen molar-refractivity contribution in [1.29, 1.82) is 0 Å². The zero-order valence-electron chi connectivity index (χ0n) is 12.5. The van der Waals surface area contributed by atoms with E-state index in [1.54, 1.807) is 6.92 Å². The van der Waals surface area contributed by atoms with E-state index < -0.39 is 12.1 Å². The van der Waals surface area contributed by atoms with Gasteiger partial charge in [0, 0.05) is 5.41 Å². The molecule has 0 radical (unpaired) electrons. The first kappa shape index (κ1) is 16.0. The molecule has 7 nitrogen and oxygen atoms in total. The molecule has 0 aliphatic carbocycles. The molecule has 0 fully saturated rings. The molecule has 0 aliphatic rings. The largest absolute Gasteiger partial charge is 0.453 e. The lowest BCUT2D eigenvalue weighted by Gasteiger charge is -2.14. The van der Waals surface area contributed by atoms with Gasteiger partial charge in [-0.25, -0.2) is 4.79 Å². The van der Waals surface area contributed by atoms with Crippen LogP contribution in [0.25, 0.3) is 0 Å². The van der Waals surface area contributed by atoms with E-state index in [0.29, 0.717) is 6.54 Å². The Kier molecular flexibility index (Phi) is 5.12. The summed E-state index contributed by atoms with van der Waals surface area (Å²) in [5.74, 6) is -0.290. The second-order valence-electron chi connectivity index (χ2n) is 5.60. The second kappa shape index (κ2) is 6.40. The summed E-state index contributed by atoms with van der Waals surface area (Å²) in [6.07, 6.45) is -0.635. The molecule has 1 rings (SSSR count). The van der Waals surface area contributed by atoms with E-state index in [-0.39, 0.29) is 11.3 Å². The smallest absolute Gasteiger partial charge is 0.407 e. The van der Waals surface area contributed by atoms with Gasteiger partial charge in [0.2, 0.25) is 5.91 Å². The average molecular weight is 282 g/mol. The fourth-order valence-electron chi connectivity index (χ4n) is 1.47. The zero-order chi connectivity index (χ0) is 15.3. The molecule has 1 atom stereocenters. The van der Waals surface area contributed by atoms with E-state index in [1.807, 2.05) is 6.07 Å². The Morgan fingerprint density at radius 1 is 1.45 bits per heavy atom. The lowest BCUT2D eigenvalue weighted by atomic mass is 9.92. The number of ether oxygens (including phenoxy) is 1. The molecule has 0 bridgehead atoms. The molecule has 3 N–H and O–H groups in total. The number of alkyl carbamates (subject to hydrolysis) is 1. The fourth-order valence-corrected chi connectivity index (χ4v) is 1.47. The summed E-state index contributed by atoms with van der Waals surface area (Å²) in [5, 5.41) is 12.2. The number of methoxy groups -OCH3 is 1. The number of rotatable bonds is 4. The first-order valence-corrected chi connectivity index (χ1v) is 6.41. The SMILES string of the molecule is COC(=O)N[C@H](C)C(=O)NCc1cc(C(C)(C)C)n[nH]1. The van der Waals surface area contributed by atoms with Crippen LogP contribution in [0.15, 0.2) is 6.07 Å². The third-order valence-electron chi connectivity index (χ3n) is 2.77. The molecule has 112 valence electrons. The number of nitrogens with one attached hydrogen (secondary N) is 3. The molecule has 0 aliphatic heterocycles. The van der Waals surface area contributed by atoms with Crippen molar-refractivity contribution in [2.75, 3.05) is 7.11 Å². The van der Waals surface area contributed by atoms with Crippen LogP contribution < -0.4 is 10.6 Å². The normalized spacial score (nSPS) is 12.7. The molecule has 0 spiro atoms. The Morgan fingerprint density at radius 3 is 2.60 bits per heavy atom. The van der Waals surface area contributed by atoms with Crippen molar-refractivity contribution in [2.45, 2.75) is 45.7 Å². The molecule has 1 aromatic rings.